The quantitative estimate of drug-likeness (QED) is 0.866. The van der Waals surface area contributed by atoms with Gasteiger partial charge in [-0.3, -0.25) is 4.90 Å². The van der Waals surface area contributed by atoms with E-state index in [1.54, 1.807) is 0 Å². The van der Waals surface area contributed by atoms with Gasteiger partial charge >= 0.3 is 6.18 Å². The molecule has 0 radical (unpaired) electrons. The van der Waals surface area contributed by atoms with Crippen LogP contribution in [-0.2, 0) is 13.1 Å². The van der Waals surface area contributed by atoms with Gasteiger partial charge in [0.05, 0.1) is 19.6 Å². The standard InChI is InChI=1S/C13H19F3N2O/c1-9-5-11(19-12(9)6-17-2)7-18(10-3-4-10)8-13(14,15)16/h5,10,17H,3-4,6-8H2,1-2H3. The zero-order chi connectivity index (χ0) is 14.0. The molecule has 0 unspecified atom stereocenters. The number of nitrogens with zero attached hydrogens (tertiary/aromatic N) is 1. The monoisotopic (exact) mass is 276 g/mol. The molecule has 1 fully saturated rings. The number of hydrogen-bond donors (Lipinski definition) is 1. The fourth-order valence-corrected chi connectivity index (χ4v) is 2.19. The SMILES string of the molecule is CNCc1oc(CN(CC(F)(F)F)C2CC2)cc1C. The van der Waals surface area contributed by atoms with Crippen molar-refractivity contribution in [1.82, 2.24) is 10.2 Å². The highest BCUT2D eigenvalue weighted by Crippen LogP contribution is 2.32. The largest absolute Gasteiger partial charge is 0.463 e. The first-order valence-corrected chi connectivity index (χ1v) is 6.42. The first-order chi connectivity index (χ1) is 8.89. The Morgan fingerprint density at radius 3 is 2.63 bits per heavy atom. The molecule has 6 heteroatoms. The Balaban J connectivity index is 2.02. The topological polar surface area (TPSA) is 28.4 Å². The minimum absolute atomic E-state index is 0.0554. The van der Waals surface area contributed by atoms with Crippen LogP contribution in [0, 0.1) is 6.92 Å². The van der Waals surface area contributed by atoms with Crippen molar-refractivity contribution in [3.05, 3.63) is 23.2 Å². The number of furan rings is 1. The third kappa shape index (κ3) is 4.24. The van der Waals surface area contributed by atoms with Crippen LogP contribution in [0.25, 0.3) is 0 Å². The van der Waals surface area contributed by atoms with Gasteiger partial charge in [-0.2, -0.15) is 13.2 Å². The highest BCUT2D eigenvalue weighted by molar-refractivity contribution is 5.20. The molecular formula is C13H19F3N2O. The number of hydrogen-bond acceptors (Lipinski definition) is 3. The van der Waals surface area contributed by atoms with Crippen LogP contribution in [0.4, 0.5) is 13.2 Å². The van der Waals surface area contributed by atoms with E-state index in [9.17, 15) is 13.2 Å². The molecule has 1 heterocycles. The van der Waals surface area contributed by atoms with Gasteiger partial charge in [-0.05, 0) is 38.4 Å². The molecule has 1 aromatic rings. The lowest BCUT2D eigenvalue weighted by molar-refractivity contribution is -0.148. The van der Waals surface area contributed by atoms with Crippen LogP contribution in [0.2, 0.25) is 0 Å². The summed E-state index contributed by atoms with van der Waals surface area (Å²) in [6.45, 7) is 1.87. The third-order valence-electron chi connectivity index (χ3n) is 3.21. The van der Waals surface area contributed by atoms with Gasteiger partial charge in [-0.15, -0.1) is 0 Å². The molecule has 1 aromatic heterocycles. The molecular weight excluding hydrogens is 257 g/mol. The lowest BCUT2D eigenvalue weighted by Crippen LogP contribution is -2.35. The zero-order valence-corrected chi connectivity index (χ0v) is 11.2. The summed E-state index contributed by atoms with van der Waals surface area (Å²) in [4.78, 5) is 1.46. The first-order valence-electron chi connectivity index (χ1n) is 6.42. The Morgan fingerprint density at radius 2 is 2.11 bits per heavy atom. The van der Waals surface area contributed by atoms with Gasteiger partial charge in [-0.25, -0.2) is 0 Å². The van der Waals surface area contributed by atoms with Gasteiger partial charge in [0.1, 0.15) is 11.5 Å². The van der Waals surface area contributed by atoms with E-state index in [2.05, 4.69) is 5.32 Å². The fraction of sp³-hybridized carbons (Fsp3) is 0.692. The second kappa shape index (κ2) is 5.54. The summed E-state index contributed by atoms with van der Waals surface area (Å²) in [5.41, 5.74) is 0.979. The van der Waals surface area contributed by atoms with Crippen molar-refractivity contribution in [2.75, 3.05) is 13.6 Å². The molecule has 1 aliphatic carbocycles. The molecule has 3 nitrogen and oxygen atoms in total. The number of aryl methyl sites for hydroxylation is 1. The lowest BCUT2D eigenvalue weighted by Gasteiger charge is -2.22. The van der Waals surface area contributed by atoms with Crippen LogP contribution < -0.4 is 5.32 Å². The summed E-state index contributed by atoms with van der Waals surface area (Å²) in [7, 11) is 1.81. The molecule has 0 aliphatic heterocycles. The maximum atomic E-state index is 12.5. The zero-order valence-electron chi connectivity index (χ0n) is 11.2. The van der Waals surface area contributed by atoms with Crippen LogP contribution in [0.1, 0.15) is 29.9 Å². The molecule has 1 saturated carbocycles. The maximum absolute atomic E-state index is 12.5. The minimum Gasteiger partial charge on any atom is -0.463 e. The lowest BCUT2D eigenvalue weighted by atomic mass is 10.2. The van der Waals surface area contributed by atoms with Crippen molar-refractivity contribution in [2.45, 2.75) is 45.1 Å². The van der Waals surface area contributed by atoms with Crippen LogP contribution in [0.5, 0.6) is 0 Å². The Bertz CT molecular complexity index is 424. The molecule has 0 saturated heterocycles. The van der Waals surface area contributed by atoms with E-state index in [4.69, 9.17) is 4.42 Å². The molecule has 0 aromatic carbocycles. The normalized spacial score (nSPS) is 16.3. The molecule has 2 rings (SSSR count). The summed E-state index contributed by atoms with van der Waals surface area (Å²) in [5.74, 6) is 1.40. The van der Waals surface area contributed by atoms with E-state index in [-0.39, 0.29) is 12.6 Å². The minimum atomic E-state index is -4.15. The Morgan fingerprint density at radius 1 is 1.42 bits per heavy atom. The van der Waals surface area contributed by atoms with E-state index in [0.29, 0.717) is 12.3 Å². The molecule has 0 amide bonds. The maximum Gasteiger partial charge on any atom is 0.401 e. The molecule has 0 atom stereocenters. The molecule has 108 valence electrons. The molecule has 1 aliphatic rings. The second-order valence-electron chi connectivity index (χ2n) is 5.10. The summed E-state index contributed by atoms with van der Waals surface area (Å²) < 4.78 is 43.2. The van der Waals surface area contributed by atoms with Crippen molar-refractivity contribution >= 4 is 0 Å². The van der Waals surface area contributed by atoms with Gasteiger partial charge in [0, 0.05) is 6.04 Å². The van der Waals surface area contributed by atoms with Gasteiger partial charge in [0.25, 0.3) is 0 Å². The van der Waals surface area contributed by atoms with Crippen LogP contribution >= 0.6 is 0 Å². The Kier molecular flexibility index (Phi) is 4.20. The van der Waals surface area contributed by atoms with Crippen LogP contribution in [0.15, 0.2) is 10.5 Å². The van der Waals surface area contributed by atoms with E-state index < -0.39 is 12.7 Å². The van der Waals surface area contributed by atoms with E-state index >= 15 is 0 Å². The van der Waals surface area contributed by atoms with Crippen molar-refractivity contribution in [1.29, 1.82) is 0 Å². The highest BCUT2D eigenvalue weighted by atomic mass is 19.4. The van der Waals surface area contributed by atoms with E-state index in [0.717, 1.165) is 24.2 Å². The predicted molar refractivity (Wildman–Crippen MR) is 65.7 cm³/mol. The number of alkyl halides is 3. The first kappa shape index (κ1) is 14.4. The molecule has 19 heavy (non-hydrogen) atoms. The summed E-state index contributed by atoms with van der Waals surface area (Å²) in [6.07, 6.45) is -2.46. The molecule has 0 spiro atoms. The fourth-order valence-electron chi connectivity index (χ4n) is 2.19. The average Bonchev–Trinajstić information content (AvgIpc) is 3.04. The number of halogens is 3. The number of nitrogens with one attached hydrogen (secondary N) is 1. The summed E-state index contributed by atoms with van der Waals surface area (Å²) in [5, 5.41) is 2.98. The Hall–Kier alpha value is -1.01. The summed E-state index contributed by atoms with van der Waals surface area (Å²) >= 11 is 0. The highest BCUT2D eigenvalue weighted by Gasteiger charge is 2.38. The van der Waals surface area contributed by atoms with Crippen LogP contribution in [0.3, 0.4) is 0 Å². The van der Waals surface area contributed by atoms with Gasteiger partial charge in [0.15, 0.2) is 0 Å². The smallest absolute Gasteiger partial charge is 0.401 e. The van der Waals surface area contributed by atoms with Crippen LogP contribution in [-0.4, -0.2) is 30.7 Å². The van der Waals surface area contributed by atoms with E-state index in [1.807, 2.05) is 20.0 Å². The Labute approximate surface area is 110 Å². The van der Waals surface area contributed by atoms with Crippen molar-refractivity contribution in [3.8, 4) is 0 Å². The molecule has 1 N–H and O–H groups in total. The second-order valence-corrected chi connectivity index (χ2v) is 5.10. The number of rotatable bonds is 6. The van der Waals surface area contributed by atoms with Gasteiger partial charge in [-0.1, -0.05) is 0 Å². The predicted octanol–water partition coefficient (Wildman–Crippen LogP) is 2.83. The van der Waals surface area contributed by atoms with Gasteiger partial charge < -0.3 is 9.73 Å². The van der Waals surface area contributed by atoms with Crippen molar-refractivity contribution in [3.63, 3.8) is 0 Å². The van der Waals surface area contributed by atoms with E-state index in [1.165, 1.54) is 4.90 Å². The van der Waals surface area contributed by atoms with Crippen molar-refractivity contribution in [2.24, 2.45) is 0 Å². The third-order valence-corrected chi connectivity index (χ3v) is 3.21. The summed E-state index contributed by atoms with van der Waals surface area (Å²) in [6, 6.07) is 1.89. The molecule has 0 bridgehead atoms. The average molecular weight is 276 g/mol. The van der Waals surface area contributed by atoms with Gasteiger partial charge in [0.2, 0.25) is 0 Å². The van der Waals surface area contributed by atoms with Crippen molar-refractivity contribution < 1.29 is 17.6 Å².